The predicted molar refractivity (Wildman–Crippen MR) is 101 cm³/mol. The number of carboxylic acids is 1. The Bertz CT molecular complexity index is 1120. The van der Waals surface area contributed by atoms with Crippen molar-refractivity contribution in [3.63, 3.8) is 0 Å². The number of furan rings is 1. The van der Waals surface area contributed by atoms with Gasteiger partial charge in [-0.3, -0.25) is 14.5 Å². The highest BCUT2D eigenvalue weighted by atomic mass is 16.4. The Kier molecular flexibility index (Phi) is 5.43. The average molecular weight is 392 g/mol. The number of nitrogens with zero attached hydrogens (tertiary/aromatic N) is 2. The number of nitriles is 1. The molecule has 29 heavy (non-hydrogen) atoms. The quantitative estimate of drug-likeness (QED) is 0.589. The SMILES string of the molecule is CC1=C(C#N)C(=O)N(CCO)C(=O)/C1=C/c1ccc(-c2cccc(C(=O)O)c2)o1. The number of β-amino-alcohol motifs (C(OH)–C–C–N with tert-alkyl or cyclic N) is 1. The number of aromatic carboxylic acids is 1. The van der Waals surface area contributed by atoms with E-state index in [1.54, 1.807) is 30.3 Å². The molecule has 1 aliphatic heterocycles. The first-order valence-electron chi connectivity index (χ1n) is 8.61. The van der Waals surface area contributed by atoms with Crippen molar-refractivity contribution in [1.29, 1.82) is 5.26 Å². The Morgan fingerprint density at radius 3 is 2.66 bits per heavy atom. The molecule has 8 nitrogen and oxygen atoms in total. The highest BCUT2D eigenvalue weighted by Gasteiger charge is 2.35. The van der Waals surface area contributed by atoms with Gasteiger partial charge in [0, 0.05) is 11.1 Å². The summed E-state index contributed by atoms with van der Waals surface area (Å²) in [5.74, 6) is -1.75. The minimum atomic E-state index is -1.06. The zero-order chi connectivity index (χ0) is 21.1. The number of imide groups is 1. The third-order valence-electron chi connectivity index (χ3n) is 4.46. The van der Waals surface area contributed by atoms with E-state index >= 15 is 0 Å². The van der Waals surface area contributed by atoms with E-state index in [1.165, 1.54) is 25.1 Å². The molecule has 1 aliphatic rings. The van der Waals surface area contributed by atoms with Crippen molar-refractivity contribution in [3.05, 3.63) is 64.4 Å². The van der Waals surface area contributed by atoms with Gasteiger partial charge in [-0.1, -0.05) is 12.1 Å². The lowest BCUT2D eigenvalue weighted by Crippen LogP contribution is -2.44. The number of hydrogen-bond acceptors (Lipinski definition) is 6. The van der Waals surface area contributed by atoms with Gasteiger partial charge >= 0.3 is 5.97 Å². The lowest BCUT2D eigenvalue weighted by atomic mass is 9.95. The number of carbonyl (C=O) groups excluding carboxylic acids is 2. The van der Waals surface area contributed by atoms with Gasteiger partial charge in [0.2, 0.25) is 0 Å². The minimum Gasteiger partial charge on any atom is -0.478 e. The van der Waals surface area contributed by atoms with Crippen LogP contribution in [0.3, 0.4) is 0 Å². The molecule has 2 heterocycles. The van der Waals surface area contributed by atoms with Crippen LogP contribution in [-0.2, 0) is 9.59 Å². The van der Waals surface area contributed by atoms with Gasteiger partial charge in [0.25, 0.3) is 11.8 Å². The third-order valence-corrected chi connectivity index (χ3v) is 4.46. The molecule has 0 spiro atoms. The lowest BCUT2D eigenvalue weighted by Gasteiger charge is -2.26. The molecule has 0 bridgehead atoms. The summed E-state index contributed by atoms with van der Waals surface area (Å²) < 4.78 is 5.71. The Balaban J connectivity index is 2.02. The van der Waals surface area contributed by atoms with Crippen molar-refractivity contribution in [2.75, 3.05) is 13.2 Å². The van der Waals surface area contributed by atoms with Crippen molar-refractivity contribution >= 4 is 23.9 Å². The van der Waals surface area contributed by atoms with Gasteiger partial charge in [0.15, 0.2) is 0 Å². The fraction of sp³-hybridized carbons (Fsp3) is 0.143. The van der Waals surface area contributed by atoms with Crippen LogP contribution in [0.4, 0.5) is 0 Å². The van der Waals surface area contributed by atoms with Gasteiger partial charge in [0.05, 0.1) is 18.7 Å². The van der Waals surface area contributed by atoms with Gasteiger partial charge in [-0.2, -0.15) is 5.26 Å². The standard InChI is InChI=1S/C21H16N2O6/c1-12-16(19(25)23(7-8-24)20(26)17(12)11-22)10-15-5-6-18(29-15)13-3-2-4-14(9-13)21(27)28/h2-6,9-10,24H,7-8H2,1H3,(H,27,28)/b16-10+. The maximum absolute atomic E-state index is 12.7. The summed E-state index contributed by atoms with van der Waals surface area (Å²) in [6, 6.07) is 11.2. The topological polar surface area (TPSA) is 132 Å². The summed E-state index contributed by atoms with van der Waals surface area (Å²) in [5.41, 5.74) is 0.811. The molecule has 146 valence electrons. The zero-order valence-electron chi connectivity index (χ0n) is 15.4. The first kappa shape index (κ1) is 19.8. The molecular weight excluding hydrogens is 376 g/mol. The van der Waals surface area contributed by atoms with Crippen LogP contribution in [0.25, 0.3) is 17.4 Å². The molecule has 8 heteroatoms. The van der Waals surface area contributed by atoms with Crippen molar-refractivity contribution in [2.24, 2.45) is 0 Å². The molecule has 3 rings (SSSR count). The van der Waals surface area contributed by atoms with Crippen LogP contribution in [0.1, 0.15) is 23.0 Å². The maximum Gasteiger partial charge on any atom is 0.335 e. The second kappa shape index (κ2) is 7.96. The smallest absolute Gasteiger partial charge is 0.335 e. The van der Waals surface area contributed by atoms with Crippen LogP contribution in [0.2, 0.25) is 0 Å². The molecule has 1 aromatic carbocycles. The normalized spacial score (nSPS) is 15.8. The van der Waals surface area contributed by atoms with E-state index in [-0.39, 0.29) is 28.8 Å². The number of benzene rings is 1. The summed E-state index contributed by atoms with van der Waals surface area (Å²) in [4.78, 5) is 36.9. The van der Waals surface area contributed by atoms with Crippen LogP contribution in [0, 0.1) is 11.3 Å². The number of rotatable bonds is 5. The number of carboxylic acid groups (broad SMARTS) is 1. The molecule has 0 atom stereocenters. The van der Waals surface area contributed by atoms with Gasteiger partial charge in [-0.25, -0.2) is 4.79 Å². The molecule has 0 saturated heterocycles. The van der Waals surface area contributed by atoms with Crippen LogP contribution in [0.5, 0.6) is 0 Å². The van der Waals surface area contributed by atoms with Crippen LogP contribution in [0.15, 0.2) is 57.5 Å². The summed E-state index contributed by atoms with van der Waals surface area (Å²) >= 11 is 0. The first-order chi connectivity index (χ1) is 13.9. The molecule has 2 N–H and O–H groups in total. The summed E-state index contributed by atoms with van der Waals surface area (Å²) in [7, 11) is 0. The second-order valence-corrected chi connectivity index (χ2v) is 6.24. The van der Waals surface area contributed by atoms with E-state index in [0.717, 1.165) is 4.90 Å². The van der Waals surface area contributed by atoms with E-state index < -0.39 is 24.4 Å². The fourth-order valence-corrected chi connectivity index (χ4v) is 2.97. The van der Waals surface area contributed by atoms with Crippen molar-refractivity contribution < 1.29 is 29.0 Å². The molecule has 0 radical (unpaired) electrons. The predicted octanol–water partition coefficient (Wildman–Crippen LogP) is 2.23. The molecule has 2 aromatic rings. The molecule has 1 aromatic heterocycles. The summed E-state index contributed by atoms with van der Waals surface area (Å²) in [5, 5.41) is 27.5. The highest BCUT2D eigenvalue weighted by molar-refractivity contribution is 6.19. The summed E-state index contributed by atoms with van der Waals surface area (Å²) in [6.45, 7) is 0.850. The Morgan fingerprint density at radius 1 is 1.24 bits per heavy atom. The maximum atomic E-state index is 12.7. The van der Waals surface area contributed by atoms with Gasteiger partial charge in [-0.15, -0.1) is 0 Å². The molecule has 0 fully saturated rings. The van der Waals surface area contributed by atoms with E-state index in [0.29, 0.717) is 17.1 Å². The summed E-state index contributed by atoms with van der Waals surface area (Å²) in [6.07, 6.45) is 1.41. The lowest BCUT2D eigenvalue weighted by molar-refractivity contribution is -0.141. The van der Waals surface area contributed by atoms with E-state index in [4.69, 9.17) is 14.6 Å². The molecule has 0 aliphatic carbocycles. The highest BCUT2D eigenvalue weighted by Crippen LogP contribution is 2.29. The largest absolute Gasteiger partial charge is 0.478 e. The van der Waals surface area contributed by atoms with Gasteiger partial charge in [0.1, 0.15) is 23.2 Å². The molecule has 2 amide bonds. The molecule has 0 saturated carbocycles. The average Bonchev–Trinajstić information content (AvgIpc) is 3.18. The first-order valence-corrected chi connectivity index (χ1v) is 8.61. The number of hydrogen-bond donors (Lipinski definition) is 2. The Labute approximate surface area is 165 Å². The number of amides is 2. The van der Waals surface area contributed by atoms with Crippen molar-refractivity contribution in [3.8, 4) is 17.4 Å². The van der Waals surface area contributed by atoms with Gasteiger partial charge < -0.3 is 14.6 Å². The Hall–Kier alpha value is -3.96. The number of aliphatic hydroxyl groups is 1. The minimum absolute atomic E-state index is 0.106. The monoisotopic (exact) mass is 392 g/mol. The zero-order valence-corrected chi connectivity index (χ0v) is 15.4. The van der Waals surface area contributed by atoms with Crippen LogP contribution in [-0.4, -0.2) is 46.0 Å². The fourth-order valence-electron chi connectivity index (χ4n) is 2.97. The van der Waals surface area contributed by atoms with E-state index in [1.807, 2.05) is 0 Å². The molecular formula is C21H16N2O6. The van der Waals surface area contributed by atoms with Crippen LogP contribution < -0.4 is 0 Å². The number of carbonyl (C=O) groups is 3. The second-order valence-electron chi connectivity index (χ2n) is 6.24. The third kappa shape index (κ3) is 3.72. The Morgan fingerprint density at radius 2 is 2.00 bits per heavy atom. The number of aliphatic hydroxyl groups excluding tert-OH is 1. The van der Waals surface area contributed by atoms with E-state index in [2.05, 4.69) is 0 Å². The van der Waals surface area contributed by atoms with Crippen LogP contribution >= 0.6 is 0 Å². The van der Waals surface area contributed by atoms with Crippen molar-refractivity contribution in [2.45, 2.75) is 6.92 Å². The molecule has 0 unspecified atom stereocenters. The van der Waals surface area contributed by atoms with Crippen molar-refractivity contribution in [1.82, 2.24) is 4.90 Å². The van der Waals surface area contributed by atoms with E-state index in [9.17, 15) is 19.6 Å². The van der Waals surface area contributed by atoms with Gasteiger partial charge in [-0.05, 0) is 42.8 Å².